The molecule has 3 nitrogen and oxygen atoms in total. The third-order valence-electron chi connectivity index (χ3n) is 3.55. The van der Waals surface area contributed by atoms with Gasteiger partial charge in [-0.3, -0.25) is 0 Å². The lowest BCUT2D eigenvalue weighted by Gasteiger charge is -2.37. The van der Waals surface area contributed by atoms with Gasteiger partial charge in [-0.25, -0.2) is 0 Å². The van der Waals surface area contributed by atoms with E-state index in [-0.39, 0.29) is 6.04 Å². The Morgan fingerprint density at radius 3 is 2.59 bits per heavy atom. The number of hydrogen-bond donors (Lipinski definition) is 2. The molecule has 17 heavy (non-hydrogen) atoms. The topological polar surface area (TPSA) is 61.3 Å². The first-order valence-corrected chi connectivity index (χ1v) is 6.26. The van der Waals surface area contributed by atoms with Gasteiger partial charge in [0.05, 0.1) is 7.11 Å². The maximum atomic E-state index is 6.28. The number of methoxy groups -OCH3 is 1. The molecular weight excluding hydrogens is 236 g/mol. The standard InChI is InChI=1S/C13H19ClN2O/c1-7-3-9(14)6-11(13(7)17-2)12(16)8-4-10(15)5-8/h3,6,8,10,12H,4-5,15-16H2,1-2H3. The van der Waals surface area contributed by atoms with E-state index in [0.717, 1.165) is 29.7 Å². The van der Waals surface area contributed by atoms with Gasteiger partial charge in [0.15, 0.2) is 0 Å². The lowest BCUT2D eigenvalue weighted by Crippen LogP contribution is -2.41. The van der Waals surface area contributed by atoms with Crippen molar-refractivity contribution in [2.75, 3.05) is 7.11 Å². The van der Waals surface area contributed by atoms with Gasteiger partial charge in [-0.2, -0.15) is 0 Å². The average Bonchev–Trinajstić information content (AvgIpc) is 2.23. The number of benzene rings is 1. The predicted molar refractivity (Wildman–Crippen MR) is 70.4 cm³/mol. The fraction of sp³-hybridized carbons (Fsp3) is 0.538. The number of ether oxygens (including phenoxy) is 1. The van der Waals surface area contributed by atoms with Crippen molar-refractivity contribution in [2.24, 2.45) is 17.4 Å². The van der Waals surface area contributed by atoms with Crippen LogP contribution in [0.3, 0.4) is 0 Å². The van der Waals surface area contributed by atoms with E-state index in [4.69, 9.17) is 27.8 Å². The van der Waals surface area contributed by atoms with Gasteiger partial charge < -0.3 is 16.2 Å². The van der Waals surface area contributed by atoms with E-state index < -0.39 is 0 Å². The van der Waals surface area contributed by atoms with Gasteiger partial charge in [0, 0.05) is 22.7 Å². The molecule has 0 amide bonds. The van der Waals surface area contributed by atoms with E-state index >= 15 is 0 Å². The Kier molecular flexibility index (Phi) is 3.61. The zero-order chi connectivity index (χ0) is 12.6. The van der Waals surface area contributed by atoms with Crippen LogP contribution in [0.2, 0.25) is 5.02 Å². The molecule has 1 aromatic rings. The molecule has 1 saturated carbocycles. The van der Waals surface area contributed by atoms with Gasteiger partial charge in [0.2, 0.25) is 0 Å². The first-order chi connectivity index (χ1) is 8.02. The average molecular weight is 255 g/mol. The van der Waals surface area contributed by atoms with E-state index in [2.05, 4.69) is 0 Å². The molecule has 0 bridgehead atoms. The molecule has 2 rings (SSSR count). The van der Waals surface area contributed by atoms with Crippen molar-refractivity contribution in [1.29, 1.82) is 0 Å². The van der Waals surface area contributed by atoms with Crippen LogP contribution in [0.15, 0.2) is 12.1 Å². The zero-order valence-corrected chi connectivity index (χ0v) is 11.0. The normalized spacial score (nSPS) is 25.2. The smallest absolute Gasteiger partial charge is 0.126 e. The quantitative estimate of drug-likeness (QED) is 0.871. The first-order valence-electron chi connectivity index (χ1n) is 5.88. The van der Waals surface area contributed by atoms with Crippen LogP contribution >= 0.6 is 11.6 Å². The van der Waals surface area contributed by atoms with Crippen LogP contribution in [0.4, 0.5) is 0 Å². The van der Waals surface area contributed by atoms with Crippen LogP contribution in [0.25, 0.3) is 0 Å². The highest BCUT2D eigenvalue weighted by Gasteiger charge is 2.33. The largest absolute Gasteiger partial charge is 0.496 e. The van der Waals surface area contributed by atoms with E-state index in [1.165, 1.54) is 0 Å². The molecule has 0 radical (unpaired) electrons. The highest BCUT2D eigenvalue weighted by atomic mass is 35.5. The fourth-order valence-electron chi connectivity index (χ4n) is 2.54. The highest BCUT2D eigenvalue weighted by molar-refractivity contribution is 6.30. The molecule has 0 heterocycles. The summed E-state index contributed by atoms with van der Waals surface area (Å²) in [6.07, 6.45) is 1.96. The molecule has 0 spiro atoms. The third-order valence-corrected chi connectivity index (χ3v) is 3.77. The van der Waals surface area contributed by atoms with Gasteiger partial charge in [0.25, 0.3) is 0 Å². The van der Waals surface area contributed by atoms with Crippen molar-refractivity contribution in [3.05, 3.63) is 28.3 Å². The second-order valence-electron chi connectivity index (χ2n) is 4.86. The summed E-state index contributed by atoms with van der Waals surface area (Å²) in [5.41, 5.74) is 14.1. The summed E-state index contributed by atoms with van der Waals surface area (Å²) in [5.74, 6) is 1.29. The van der Waals surface area contributed by atoms with Crippen molar-refractivity contribution >= 4 is 11.6 Å². The minimum Gasteiger partial charge on any atom is -0.496 e. The van der Waals surface area contributed by atoms with E-state index in [1.54, 1.807) is 7.11 Å². The molecule has 1 aliphatic rings. The molecular formula is C13H19ClN2O. The van der Waals surface area contributed by atoms with E-state index in [0.29, 0.717) is 17.0 Å². The minimum atomic E-state index is -0.0397. The molecule has 0 aromatic heterocycles. The molecule has 1 atom stereocenters. The fourth-order valence-corrected chi connectivity index (χ4v) is 2.82. The number of hydrogen-bond acceptors (Lipinski definition) is 3. The molecule has 0 aliphatic heterocycles. The lowest BCUT2D eigenvalue weighted by molar-refractivity contribution is 0.221. The summed E-state index contributed by atoms with van der Waals surface area (Å²) in [5, 5.41) is 0.706. The molecule has 4 N–H and O–H groups in total. The predicted octanol–water partition coefficient (Wildman–Crippen LogP) is 2.39. The van der Waals surface area contributed by atoms with Crippen LogP contribution in [0.1, 0.15) is 30.0 Å². The van der Waals surface area contributed by atoms with Gasteiger partial charge in [-0.1, -0.05) is 11.6 Å². The SMILES string of the molecule is COc1c(C)cc(Cl)cc1C(N)C1CC(N)C1. The number of halogens is 1. The van der Waals surface area contributed by atoms with Gasteiger partial charge in [0.1, 0.15) is 5.75 Å². The van der Waals surface area contributed by atoms with Gasteiger partial charge in [-0.15, -0.1) is 0 Å². The monoisotopic (exact) mass is 254 g/mol. The summed E-state index contributed by atoms with van der Waals surface area (Å²) in [7, 11) is 1.67. The first kappa shape index (κ1) is 12.7. The Balaban J connectivity index is 2.30. The van der Waals surface area contributed by atoms with Crippen LogP contribution in [-0.4, -0.2) is 13.2 Å². The second kappa shape index (κ2) is 4.84. The molecule has 0 saturated heterocycles. The Bertz CT molecular complexity index is 416. The maximum absolute atomic E-state index is 6.28. The molecule has 1 unspecified atom stereocenters. The molecule has 94 valence electrons. The number of nitrogens with two attached hydrogens (primary N) is 2. The van der Waals surface area contributed by atoms with E-state index in [1.807, 2.05) is 19.1 Å². The second-order valence-corrected chi connectivity index (χ2v) is 5.30. The van der Waals surface area contributed by atoms with Crippen LogP contribution in [-0.2, 0) is 0 Å². The van der Waals surface area contributed by atoms with Crippen molar-refractivity contribution in [2.45, 2.75) is 31.8 Å². The zero-order valence-electron chi connectivity index (χ0n) is 10.2. The summed E-state index contributed by atoms with van der Waals surface area (Å²) in [4.78, 5) is 0. The van der Waals surface area contributed by atoms with Gasteiger partial charge >= 0.3 is 0 Å². The lowest BCUT2D eigenvalue weighted by atomic mass is 9.74. The third kappa shape index (κ3) is 2.41. The number of rotatable bonds is 3. The summed E-state index contributed by atoms with van der Waals surface area (Å²) in [6.45, 7) is 1.98. The molecule has 1 fully saturated rings. The Labute approximate surface area is 107 Å². The van der Waals surface area contributed by atoms with Crippen molar-refractivity contribution < 1.29 is 4.74 Å². The Hall–Kier alpha value is -0.770. The maximum Gasteiger partial charge on any atom is 0.126 e. The van der Waals surface area contributed by atoms with Crippen LogP contribution in [0, 0.1) is 12.8 Å². The molecule has 4 heteroatoms. The van der Waals surface area contributed by atoms with Crippen molar-refractivity contribution in [3.8, 4) is 5.75 Å². The Morgan fingerprint density at radius 1 is 1.41 bits per heavy atom. The Morgan fingerprint density at radius 2 is 2.06 bits per heavy atom. The minimum absolute atomic E-state index is 0.0397. The highest BCUT2D eigenvalue weighted by Crippen LogP contribution is 2.40. The van der Waals surface area contributed by atoms with Gasteiger partial charge in [-0.05, 0) is 43.4 Å². The van der Waals surface area contributed by atoms with Crippen LogP contribution in [0.5, 0.6) is 5.75 Å². The number of aryl methyl sites for hydroxylation is 1. The molecule has 1 aliphatic carbocycles. The summed E-state index contributed by atoms with van der Waals surface area (Å²) < 4.78 is 5.43. The van der Waals surface area contributed by atoms with Crippen molar-refractivity contribution in [1.82, 2.24) is 0 Å². The molecule has 1 aromatic carbocycles. The summed E-state index contributed by atoms with van der Waals surface area (Å²) >= 11 is 6.08. The van der Waals surface area contributed by atoms with Crippen molar-refractivity contribution in [3.63, 3.8) is 0 Å². The van der Waals surface area contributed by atoms with E-state index in [9.17, 15) is 0 Å². The van der Waals surface area contributed by atoms with Crippen LogP contribution < -0.4 is 16.2 Å². The summed E-state index contributed by atoms with van der Waals surface area (Å²) in [6, 6.07) is 4.06.